The second kappa shape index (κ2) is 7.67. The molecule has 0 aromatic heterocycles. The smallest absolute Gasteiger partial charge is 0.236 e. The molecule has 2 rings (SSSR count). The molecule has 5 nitrogen and oxygen atoms in total. The Morgan fingerprint density at radius 1 is 1.50 bits per heavy atom. The van der Waals surface area contributed by atoms with E-state index in [0.29, 0.717) is 12.1 Å². The number of carbonyl (C=O) groups excluding carboxylic acids is 1. The zero-order chi connectivity index (χ0) is 16.1. The predicted molar refractivity (Wildman–Crippen MR) is 80.7 cm³/mol. The number of likely N-dealkylation sites (tertiary alicyclic amines) is 1. The zero-order valence-corrected chi connectivity index (χ0v) is 13.0. The number of hydrogen-bond donors (Lipinski definition) is 1. The van der Waals surface area contributed by atoms with Gasteiger partial charge in [-0.2, -0.15) is 0 Å². The summed E-state index contributed by atoms with van der Waals surface area (Å²) in [6, 6.07) is 6.38. The molecule has 0 aliphatic carbocycles. The number of nitrogens with zero attached hydrogens (tertiary/aromatic N) is 2. The summed E-state index contributed by atoms with van der Waals surface area (Å²) in [5.74, 6) is -0.408. The van der Waals surface area contributed by atoms with Gasteiger partial charge in [0.15, 0.2) is 0 Å². The first kappa shape index (κ1) is 16.9. The number of methoxy groups -OCH3 is 1. The van der Waals surface area contributed by atoms with Gasteiger partial charge in [-0.25, -0.2) is 4.39 Å². The number of hydrogen-bond acceptors (Lipinski definition) is 4. The SMILES string of the molecule is CO[C@H]1C[C@@H](CO)N(CC(=O)N(C)Cc2ccccc2F)C1. The average Bonchev–Trinajstić information content (AvgIpc) is 2.91. The van der Waals surface area contributed by atoms with E-state index in [2.05, 4.69) is 0 Å². The molecule has 0 radical (unpaired) electrons. The predicted octanol–water partition coefficient (Wildman–Crippen LogP) is 0.866. The van der Waals surface area contributed by atoms with Crippen LogP contribution in [0.1, 0.15) is 12.0 Å². The van der Waals surface area contributed by atoms with Gasteiger partial charge in [-0.3, -0.25) is 9.69 Å². The van der Waals surface area contributed by atoms with Crippen molar-refractivity contribution in [3.8, 4) is 0 Å². The van der Waals surface area contributed by atoms with Crippen molar-refractivity contribution in [2.75, 3.05) is 33.9 Å². The van der Waals surface area contributed by atoms with Crippen LogP contribution in [-0.4, -0.2) is 66.8 Å². The van der Waals surface area contributed by atoms with Crippen LogP contribution in [0.4, 0.5) is 4.39 Å². The normalized spacial score (nSPS) is 22.0. The van der Waals surface area contributed by atoms with Gasteiger partial charge in [0.2, 0.25) is 5.91 Å². The fourth-order valence-corrected chi connectivity index (χ4v) is 2.76. The summed E-state index contributed by atoms with van der Waals surface area (Å²) in [5, 5.41) is 9.40. The Morgan fingerprint density at radius 3 is 2.86 bits per heavy atom. The Morgan fingerprint density at radius 2 is 2.23 bits per heavy atom. The molecule has 0 spiro atoms. The van der Waals surface area contributed by atoms with Gasteiger partial charge < -0.3 is 14.7 Å². The standard InChI is InChI=1S/C16H23FN2O3/c1-18(8-12-5-3-4-6-15(12)17)16(21)10-19-9-14(22-2)7-13(19)11-20/h3-6,13-14,20H,7-11H2,1-2H3/t13-,14-/m0/s1. The second-order valence-corrected chi connectivity index (χ2v) is 5.70. The molecule has 2 atom stereocenters. The van der Waals surface area contributed by atoms with E-state index in [1.165, 1.54) is 11.0 Å². The summed E-state index contributed by atoms with van der Waals surface area (Å²) < 4.78 is 18.9. The maximum Gasteiger partial charge on any atom is 0.236 e. The van der Waals surface area contributed by atoms with Crippen molar-refractivity contribution < 1.29 is 19.0 Å². The summed E-state index contributed by atoms with van der Waals surface area (Å²) in [7, 11) is 3.29. The number of amides is 1. The lowest BCUT2D eigenvalue weighted by Gasteiger charge is -2.25. The number of rotatable bonds is 6. The Hall–Kier alpha value is -1.50. The van der Waals surface area contributed by atoms with E-state index in [0.717, 1.165) is 6.42 Å². The molecule has 122 valence electrons. The minimum atomic E-state index is -0.309. The van der Waals surface area contributed by atoms with Crippen LogP contribution in [-0.2, 0) is 16.1 Å². The summed E-state index contributed by atoms with van der Waals surface area (Å²) in [5.41, 5.74) is 0.494. The molecule has 22 heavy (non-hydrogen) atoms. The summed E-state index contributed by atoms with van der Waals surface area (Å²) >= 11 is 0. The highest BCUT2D eigenvalue weighted by molar-refractivity contribution is 5.78. The summed E-state index contributed by atoms with van der Waals surface area (Å²) in [6.45, 7) is 1.07. The van der Waals surface area contributed by atoms with Gasteiger partial charge in [0, 0.05) is 38.9 Å². The fourth-order valence-electron chi connectivity index (χ4n) is 2.76. The minimum Gasteiger partial charge on any atom is -0.395 e. The summed E-state index contributed by atoms with van der Waals surface area (Å²) in [4.78, 5) is 15.7. The number of carbonyl (C=O) groups is 1. The largest absolute Gasteiger partial charge is 0.395 e. The van der Waals surface area contributed by atoms with Gasteiger partial charge in [0.05, 0.1) is 19.3 Å². The first-order chi connectivity index (χ1) is 10.5. The molecular formula is C16H23FN2O3. The summed E-state index contributed by atoms with van der Waals surface area (Å²) in [6.07, 6.45) is 0.763. The maximum absolute atomic E-state index is 13.6. The molecule has 6 heteroatoms. The lowest BCUT2D eigenvalue weighted by molar-refractivity contribution is -0.132. The molecule has 0 bridgehead atoms. The molecular weight excluding hydrogens is 287 g/mol. The van der Waals surface area contributed by atoms with Crippen LogP contribution >= 0.6 is 0 Å². The van der Waals surface area contributed by atoms with Crippen LogP contribution in [0.25, 0.3) is 0 Å². The number of benzene rings is 1. The van der Waals surface area contributed by atoms with E-state index in [-0.39, 0.29) is 43.6 Å². The number of aliphatic hydroxyl groups is 1. The average molecular weight is 310 g/mol. The maximum atomic E-state index is 13.6. The molecule has 0 saturated carbocycles. The van der Waals surface area contributed by atoms with Crippen molar-refractivity contribution in [1.82, 2.24) is 9.80 Å². The second-order valence-electron chi connectivity index (χ2n) is 5.70. The third-order valence-electron chi connectivity index (χ3n) is 4.16. The highest BCUT2D eigenvalue weighted by atomic mass is 19.1. The number of likely N-dealkylation sites (N-methyl/N-ethyl adjacent to an activating group) is 1. The van der Waals surface area contributed by atoms with E-state index in [1.807, 2.05) is 4.90 Å². The first-order valence-corrected chi connectivity index (χ1v) is 7.40. The Bertz CT molecular complexity index is 512. The first-order valence-electron chi connectivity index (χ1n) is 7.40. The van der Waals surface area contributed by atoms with Crippen molar-refractivity contribution in [2.45, 2.75) is 25.1 Å². The number of aliphatic hydroxyl groups excluding tert-OH is 1. The molecule has 1 aliphatic heterocycles. The lowest BCUT2D eigenvalue weighted by Crippen LogP contribution is -2.42. The topological polar surface area (TPSA) is 53.0 Å². The van der Waals surface area contributed by atoms with Crippen LogP contribution in [0.2, 0.25) is 0 Å². The Balaban J connectivity index is 1.92. The molecule has 1 amide bonds. The minimum absolute atomic E-state index is 0.00413. The highest BCUT2D eigenvalue weighted by Crippen LogP contribution is 2.19. The van der Waals surface area contributed by atoms with Gasteiger partial charge in [0.25, 0.3) is 0 Å². The molecule has 1 aromatic carbocycles. The molecule has 1 fully saturated rings. The van der Waals surface area contributed by atoms with Gasteiger partial charge in [-0.1, -0.05) is 18.2 Å². The van der Waals surface area contributed by atoms with E-state index < -0.39 is 0 Å². The molecule has 1 heterocycles. The molecule has 1 aliphatic rings. The van der Waals surface area contributed by atoms with Crippen molar-refractivity contribution in [3.05, 3.63) is 35.6 Å². The van der Waals surface area contributed by atoms with E-state index >= 15 is 0 Å². The van der Waals surface area contributed by atoms with Gasteiger partial charge in [0.1, 0.15) is 5.82 Å². The number of ether oxygens (including phenoxy) is 1. The quantitative estimate of drug-likeness (QED) is 0.847. The molecule has 1 saturated heterocycles. The van der Waals surface area contributed by atoms with Crippen molar-refractivity contribution in [1.29, 1.82) is 0 Å². The molecule has 1 aromatic rings. The Labute approximate surface area is 130 Å². The van der Waals surface area contributed by atoms with Crippen molar-refractivity contribution in [3.63, 3.8) is 0 Å². The fraction of sp³-hybridized carbons (Fsp3) is 0.562. The van der Waals surface area contributed by atoms with Crippen LogP contribution in [0.15, 0.2) is 24.3 Å². The van der Waals surface area contributed by atoms with Crippen molar-refractivity contribution in [2.24, 2.45) is 0 Å². The van der Waals surface area contributed by atoms with Gasteiger partial charge in [-0.05, 0) is 12.5 Å². The van der Waals surface area contributed by atoms with Crippen LogP contribution in [0.5, 0.6) is 0 Å². The third kappa shape index (κ3) is 4.03. The van der Waals surface area contributed by atoms with Crippen LogP contribution in [0.3, 0.4) is 0 Å². The third-order valence-corrected chi connectivity index (χ3v) is 4.16. The van der Waals surface area contributed by atoms with Crippen molar-refractivity contribution >= 4 is 5.91 Å². The Kier molecular flexibility index (Phi) is 5.88. The molecule has 0 unspecified atom stereocenters. The van der Waals surface area contributed by atoms with E-state index in [4.69, 9.17) is 4.74 Å². The van der Waals surface area contributed by atoms with Gasteiger partial charge >= 0.3 is 0 Å². The van der Waals surface area contributed by atoms with E-state index in [9.17, 15) is 14.3 Å². The lowest BCUT2D eigenvalue weighted by atomic mass is 10.2. The monoisotopic (exact) mass is 310 g/mol. The van der Waals surface area contributed by atoms with E-state index in [1.54, 1.807) is 32.4 Å². The van der Waals surface area contributed by atoms with Crippen LogP contribution < -0.4 is 0 Å². The highest BCUT2D eigenvalue weighted by Gasteiger charge is 2.33. The zero-order valence-electron chi connectivity index (χ0n) is 13.0. The van der Waals surface area contributed by atoms with Gasteiger partial charge in [-0.15, -0.1) is 0 Å². The molecule has 1 N–H and O–H groups in total. The van der Waals surface area contributed by atoms with Crippen LogP contribution in [0, 0.1) is 5.82 Å². The number of halogens is 1.